The fourth-order valence-electron chi connectivity index (χ4n) is 1.71. The van der Waals surface area contributed by atoms with Crippen LogP contribution in [0, 0.1) is 6.92 Å². The van der Waals surface area contributed by atoms with E-state index >= 15 is 0 Å². The summed E-state index contributed by atoms with van der Waals surface area (Å²) in [7, 11) is 0. The summed E-state index contributed by atoms with van der Waals surface area (Å²) < 4.78 is 29.9. The number of hydrogen-bond acceptors (Lipinski definition) is 4. The van der Waals surface area contributed by atoms with Gasteiger partial charge in [0.1, 0.15) is 11.6 Å². The van der Waals surface area contributed by atoms with Crippen LogP contribution in [0.1, 0.15) is 5.82 Å². The molecule has 5 nitrogen and oxygen atoms in total. The van der Waals surface area contributed by atoms with Gasteiger partial charge < -0.3 is 9.84 Å². The Hall–Kier alpha value is -2.02. The van der Waals surface area contributed by atoms with Gasteiger partial charge in [0.05, 0.1) is 13.2 Å². The molecule has 0 unspecified atom stereocenters. The van der Waals surface area contributed by atoms with E-state index in [1.165, 1.54) is 12.1 Å². The molecule has 102 valence electrons. The molecule has 1 N–H and O–H groups in total. The molecule has 7 heteroatoms. The van der Waals surface area contributed by atoms with Crippen LogP contribution in [-0.4, -0.2) is 33.1 Å². The van der Waals surface area contributed by atoms with Crippen molar-refractivity contribution < 1.29 is 18.6 Å². The van der Waals surface area contributed by atoms with Crippen molar-refractivity contribution in [1.29, 1.82) is 0 Å². The van der Waals surface area contributed by atoms with Crippen LogP contribution in [0.15, 0.2) is 24.3 Å². The molecular formula is C12H13F2N3O2. The summed E-state index contributed by atoms with van der Waals surface area (Å²) in [4.78, 5) is 4.24. The van der Waals surface area contributed by atoms with Crippen LogP contribution in [0.5, 0.6) is 5.75 Å². The Morgan fingerprint density at radius 1 is 1.32 bits per heavy atom. The molecule has 0 bridgehead atoms. The lowest BCUT2D eigenvalue weighted by molar-refractivity contribution is -0.0498. The predicted molar refractivity (Wildman–Crippen MR) is 63.9 cm³/mol. The van der Waals surface area contributed by atoms with Crippen molar-refractivity contribution in [3.8, 4) is 17.1 Å². The number of aromatic nitrogens is 3. The number of alkyl halides is 2. The zero-order valence-corrected chi connectivity index (χ0v) is 10.3. The van der Waals surface area contributed by atoms with E-state index in [9.17, 15) is 8.78 Å². The van der Waals surface area contributed by atoms with Gasteiger partial charge in [-0.25, -0.2) is 9.67 Å². The van der Waals surface area contributed by atoms with E-state index in [4.69, 9.17) is 5.11 Å². The molecular weight excluding hydrogens is 256 g/mol. The molecule has 0 aliphatic heterocycles. The van der Waals surface area contributed by atoms with Crippen molar-refractivity contribution in [2.24, 2.45) is 0 Å². The minimum Gasteiger partial charge on any atom is -0.435 e. The van der Waals surface area contributed by atoms with E-state index in [0.717, 1.165) is 5.56 Å². The Morgan fingerprint density at radius 2 is 2.00 bits per heavy atom. The maximum absolute atomic E-state index is 12.0. The van der Waals surface area contributed by atoms with Crippen molar-refractivity contribution in [2.75, 3.05) is 6.61 Å². The standard InChI is InChI=1S/C12H13F2N3O2/c1-8-15-11(17(16-8)6-7-18)9-2-4-10(5-3-9)19-12(13)14/h2-5,12,18H,6-7H2,1H3. The second kappa shape index (κ2) is 5.75. The molecule has 0 atom stereocenters. The smallest absolute Gasteiger partial charge is 0.387 e. The first-order chi connectivity index (χ1) is 9.10. The first-order valence-corrected chi connectivity index (χ1v) is 5.67. The molecule has 0 aliphatic carbocycles. The van der Waals surface area contributed by atoms with Gasteiger partial charge in [-0.15, -0.1) is 0 Å². The molecule has 1 aromatic carbocycles. The summed E-state index contributed by atoms with van der Waals surface area (Å²) >= 11 is 0. The monoisotopic (exact) mass is 269 g/mol. The summed E-state index contributed by atoms with van der Waals surface area (Å²) in [5, 5.41) is 13.1. The average molecular weight is 269 g/mol. The highest BCUT2D eigenvalue weighted by atomic mass is 19.3. The molecule has 2 rings (SSSR count). The number of aryl methyl sites for hydroxylation is 1. The summed E-state index contributed by atoms with van der Waals surface area (Å²) in [6.07, 6.45) is 0. The maximum Gasteiger partial charge on any atom is 0.387 e. The quantitative estimate of drug-likeness (QED) is 0.899. The predicted octanol–water partition coefficient (Wildman–Crippen LogP) is 1.85. The zero-order valence-electron chi connectivity index (χ0n) is 10.3. The second-order valence-electron chi connectivity index (χ2n) is 3.83. The van der Waals surface area contributed by atoms with Crippen molar-refractivity contribution in [2.45, 2.75) is 20.1 Å². The van der Waals surface area contributed by atoms with Gasteiger partial charge in [-0.3, -0.25) is 0 Å². The molecule has 19 heavy (non-hydrogen) atoms. The molecule has 0 spiro atoms. The van der Waals surface area contributed by atoms with Crippen LogP contribution >= 0.6 is 0 Å². The third kappa shape index (κ3) is 3.25. The van der Waals surface area contributed by atoms with Gasteiger partial charge in [-0.05, 0) is 31.2 Å². The number of aliphatic hydroxyl groups is 1. The van der Waals surface area contributed by atoms with Gasteiger partial charge >= 0.3 is 6.61 Å². The number of benzene rings is 1. The Kier molecular flexibility index (Phi) is 4.06. The summed E-state index contributed by atoms with van der Waals surface area (Å²) in [6.45, 7) is -0.828. The molecule has 0 saturated heterocycles. The summed E-state index contributed by atoms with van der Waals surface area (Å²) in [5.41, 5.74) is 0.718. The van der Waals surface area contributed by atoms with E-state index in [-0.39, 0.29) is 12.4 Å². The number of ether oxygens (including phenoxy) is 1. The number of halogens is 2. The van der Waals surface area contributed by atoms with E-state index in [2.05, 4.69) is 14.8 Å². The van der Waals surface area contributed by atoms with Gasteiger partial charge in [0.25, 0.3) is 0 Å². The molecule has 0 amide bonds. The highest BCUT2D eigenvalue weighted by Gasteiger charge is 2.10. The molecule has 0 saturated carbocycles. The van der Waals surface area contributed by atoms with Gasteiger partial charge in [-0.1, -0.05) is 0 Å². The van der Waals surface area contributed by atoms with Crippen LogP contribution in [0.2, 0.25) is 0 Å². The normalized spacial score (nSPS) is 11.0. The number of nitrogens with zero attached hydrogens (tertiary/aromatic N) is 3. The number of hydrogen-bond donors (Lipinski definition) is 1. The van der Waals surface area contributed by atoms with E-state index < -0.39 is 6.61 Å². The molecule has 0 radical (unpaired) electrons. The Morgan fingerprint density at radius 3 is 2.58 bits per heavy atom. The van der Waals surface area contributed by atoms with Gasteiger partial charge in [0.2, 0.25) is 0 Å². The fourth-order valence-corrected chi connectivity index (χ4v) is 1.71. The van der Waals surface area contributed by atoms with Gasteiger partial charge in [0.15, 0.2) is 5.82 Å². The van der Waals surface area contributed by atoms with Crippen molar-refractivity contribution in [3.05, 3.63) is 30.1 Å². The summed E-state index contributed by atoms with van der Waals surface area (Å²) in [5.74, 6) is 1.25. The largest absolute Gasteiger partial charge is 0.435 e. The average Bonchev–Trinajstić information content (AvgIpc) is 2.71. The van der Waals surface area contributed by atoms with Crippen LogP contribution in [0.4, 0.5) is 8.78 Å². The lowest BCUT2D eigenvalue weighted by Gasteiger charge is -2.06. The minimum absolute atomic E-state index is 0.0532. The SMILES string of the molecule is Cc1nc(-c2ccc(OC(F)F)cc2)n(CCO)n1. The van der Waals surface area contributed by atoms with Crippen molar-refractivity contribution in [3.63, 3.8) is 0 Å². The van der Waals surface area contributed by atoms with E-state index in [0.29, 0.717) is 18.2 Å². The number of rotatable bonds is 5. The maximum atomic E-state index is 12.0. The first-order valence-electron chi connectivity index (χ1n) is 5.67. The first kappa shape index (κ1) is 13.4. The second-order valence-corrected chi connectivity index (χ2v) is 3.83. The Balaban J connectivity index is 2.26. The van der Waals surface area contributed by atoms with Crippen LogP contribution < -0.4 is 4.74 Å². The molecule has 2 aromatic rings. The zero-order chi connectivity index (χ0) is 13.8. The lowest BCUT2D eigenvalue weighted by Crippen LogP contribution is -2.06. The van der Waals surface area contributed by atoms with Gasteiger partial charge in [0, 0.05) is 5.56 Å². The van der Waals surface area contributed by atoms with Crippen molar-refractivity contribution in [1.82, 2.24) is 14.8 Å². The topological polar surface area (TPSA) is 60.2 Å². The minimum atomic E-state index is -2.84. The summed E-state index contributed by atoms with van der Waals surface area (Å²) in [6, 6.07) is 6.12. The fraction of sp³-hybridized carbons (Fsp3) is 0.333. The Bertz CT molecular complexity index is 540. The third-order valence-electron chi connectivity index (χ3n) is 2.43. The van der Waals surface area contributed by atoms with E-state index in [1.54, 1.807) is 23.7 Å². The van der Waals surface area contributed by atoms with Gasteiger partial charge in [-0.2, -0.15) is 13.9 Å². The molecule has 1 heterocycles. The molecule has 1 aromatic heterocycles. The highest BCUT2D eigenvalue weighted by Crippen LogP contribution is 2.22. The van der Waals surface area contributed by atoms with Crippen LogP contribution in [0.25, 0.3) is 11.4 Å². The van der Waals surface area contributed by atoms with E-state index in [1.807, 2.05) is 0 Å². The van der Waals surface area contributed by atoms with Crippen LogP contribution in [-0.2, 0) is 6.54 Å². The van der Waals surface area contributed by atoms with Crippen molar-refractivity contribution >= 4 is 0 Å². The molecule has 0 fully saturated rings. The number of aliphatic hydroxyl groups excluding tert-OH is 1. The van der Waals surface area contributed by atoms with Crippen LogP contribution in [0.3, 0.4) is 0 Å². The third-order valence-corrected chi connectivity index (χ3v) is 2.43. The Labute approximate surface area is 108 Å². The molecule has 0 aliphatic rings. The highest BCUT2D eigenvalue weighted by molar-refractivity contribution is 5.56. The lowest BCUT2D eigenvalue weighted by atomic mass is 10.2.